The summed E-state index contributed by atoms with van der Waals surface area (Å²) in [4.78, 5) is 12.6. The predicted octanol–water partition coefficient (Wildman–Crippen LogP) is -0.923. The van der Waals surface area contributed by atoms with Crippen LogP contribution in [0.3, 0.4) is 0 Å². The average Bonchev–Trinajstić information content (AvgIpc) is 2.29. The van der Waals surface area contributed by atoms with Crippen molar-refractivity contribution < 1.29 is 22.5 Å². The fourth-order valence-electron chi connectivity index (χ4n) is 1.14. The van der Waals surface area contributed by atoms with Crippen LogP contribution in [0.2, 0.25) is 0 Å². The highest BCUT2D eigenvalue weighted by molar-refractivity contribution is 7.86. The van der Waals surface area contributed by atoms with Crippen LogP contribution in [0.5, 0.6) is 0 Å². The molecule has 7 heteroatoms. The highest BCUT2D eigenvalue weighted by Gasteiger charge is 2.42. The molecule has 1 aliphatic heterocycles. The van der Waals surface area contributed by atoms with Gasteiger partial charge in [-0.3, -0.25) is 14.2 Å². The van der Waals surface area contributed by atoms with Crippen LogP contribution in [-0.2, 0) is 19.6 Å². The van der Waals surface area contributed by atoms with E-state index >= 15 is 0 Å². The number of rotatable bonds is 2. The molecule has 1 heterocycles. The molecule has 0 bridgehead atoms. The highest BCUT2D eigenvalue weighted by Crippen LogP contribution is 2.21. The molecule has 1 saturated heterocycles. The maximum atomic E-state index is 11.0. The lowest BCUT2D eigenvalue weighted by Crippen LogP contribution is -2.31. The summed E-state index contributed by atoms with van der Waals surface area (Å²) in [5, 5.41) is 0. The van der Waals surface area contributed by atoms with Crippen molar-refractivity contribution in [3.05, 3.63) is 0 Å². The topological polar surface area (TPSA) is 83.9 Å². The Balaban J connectivity index is 2.77. The maximum absolute atomic E-state index is 11.0. The Morgan fingerprint density at radius 1 is 1.54 bits per heavy atom. The van der Waals surface area contributed by atoms with E-state index < -0.39 is 27.6 Å². The van der Waals surface area contributed by atoms with E-state index in [9.17, 15) is 13.2 Å². The Kier molecular flexibility index (Phi) is 2.60. The Morgan fingerprint density at radius 3 is 2.31 bits per heavy atom. The summed E-state index contributed by atoms with van der Waals surface area (Å²) < 4.78 is 34.3. The summed E-state index contributed by atoms with van der Waals surface area (Å²) in [5.74, 6) is -0.618. The van der Waals surface area contributed by atoms with Crippen molar-refractivity contribution in [3.8, 4) is 0 Å². The molecule has 0 amide bonds. The Bertz CT molecular complexity index is 309. The van der Waals surface area contributed by atoms with Crippen molar-refractivity contribution in [2.75, 3.05) is 14.1 Å². The summed E-state index contributed by atoms with van der Waals surface area (Å²) >= 11 is 0. The van der Waals surface area contributed by atoms with E-state index in [4.69, 9.17) is 4.55 Å². The highest BCUT2D eigenvalue weighted by atomic mass is 32.2. The number of ether oxygens (including phenoxy) is 1. The van der Waals surface area contributed by atoms with Crippen molar-refractivity contribution in [2.24, 2.45) is 0 Å². The molecular weight excluding hydrogens is 198 g/mol. The monoisotopic (exact) mass is 209 g/mol. The van der Waals surface area contributed by atoms with Crippen LogP contribution in [0.15, 0.2) is 0 Å². The number of cyclic esters (lactones) is 1. The first-order valence-corrected chi connectivity index (χ1v) is 5.16. The summed E-state index contributed by atoms with van der Waals surface area (Å²) in [7, 11) is -0.997. The van der Waals surface area contributed by atoms with Crippen LogP contribution in [0, 0.1) is 0 Å². The third-order valence-electron chi connectivity index (χ3n) is 1.89. The van der Waals surface area contributed by atoms with Gasteiger partial charge in [0.15, 0.2) is 0 Å². The zero-order valence-electron chi connectivity index (χ0n) is 7.30. The van der Waals surface area contributed by atoms with Crippen molar-refractivity contribution in [3.63, 3.8) is 0 Å². The van der Waals surface area contributed by atoms with Gasteiger partial charge in [0, 0.05) is 6.42 Å². The van der Waals surface area contributed by atoms with Crippen LogP contribution in [0.1, 0.15) is 6.42 Å². The van der Waals surface area contributed by atoms with Gasteiger partial charge in [0.05, 0.1) is 0 Å². The van der Waals surface area contributed by atoms with E-state index in [1.54, 1.807) is 19.0 Å². The Morgan fingerprint density at radius 2 is 2.08 bits per heavy atom. The van der Waals surface area contributed by atoms with Gasteiger partial charge in [-0.15, -0.1) is 0 Å². The van der Waals surface area contributed by atoms with Crippen molar-refractivity contribution in [1.29, 1.82) is 0 Å². The molecule has 1 rings (SSSR count). The van der Waals surface area contributed by atoms with Gasteiger partial charge in [-0.25, -0.2) is 0 Å². The molecule has 76 valence electrons. The molecule has 1 N–H and O–H groups in total. The van der Waals surface area contributed by atoms with Crippen LogP contribution in [-0.4, -0.2) is 49.4 Å². The minimum Gasteiger partial charge on any atom is -0.442 e. The van der Waals surface area contributed by atoms with Gasteiger partial charge in [0.1, 0.15) is 6.04 Å². The van der Waals surface area contributed by atoms with Crippen molar-refractivity contribution >= 4 is 16.1 Å². The number of hydrogen-bond donors (Lipinski definition) is 1. The number of esters is 1. The zero-order valence-corrected chi connectivity index (χ0v) is 8.11. The van der Waals surface area contributed by atoms with E-state index in [1.165, 1.54) is 0 Å². The van der Waals surface area contributed by atoms with E-state index in [0.717, 1.165) is 0 Å². The molecule has 0 saturated carbocycles. The molecule has 1 fully saturated rings. The first kappa shape index (κ1) is 10.4. The standard InChI is InChI=1S/C6H11NO5S/c1-7(2)4-3-5(12-6(4)8)13(9,10)11/h4-5H,3H2,1-2H3,(H,9,10,11). The SMILES string of the molecule is CN(C)C1CC(S(=O)(=O)O)OC1=O. The first-order chi connectivity index (χ1) is 5.82. The van der Waals surface area contributed by atoms with Gasteiger partial charge in [0.2, 0.25) is 5.44 Å². The van der Waals surface area contributed by atoms with Gasteiger partial charge in [-0.05, 0) is 14.1 Å². The van der Waals surface area contributed by atoms with E-state index in [0.29, 0.717) is 0 Å². The molecule has 0 aromatic carbocycles. The summed E-state index contributed by atoms with van der Waals surface area (Å²) in [6.45, 7) is 0. The van der Waals surface area contributed by atoms with Crippen LogP contribution >= 0.6 is 0 Å². The quantitative estimate of drug-likeness (QED) is 0.467. The van der Waals surface area contributed by atoms with Gasteiger partial charge >= 0.3 is 16.1 Å². The largest absolute Gasteiger partial charge is 0.442 e. The average molecular weight is 209 g/mol. The third kappa shape index (κ3) is 2.17. The molecule has 6 nitrogen and oxygen atoms in total. The van der Waals surface area contributed by atoms with Gasteiger partial charge in [0.25, 0.3) is 0 Å². The third-order valence-corrected chi connectivity index (χ3v) is 2.84. The fraction of sp³-hybridized carbons (Fsp3) is 0.833. The van der Waals surface area contributed by atoms with Gasteiger partial charge < -0.3 is 4.74 Å². The second-order valence-corrected chi connectivity index (χ2v) is 4.65. The normalized spacial score (nSPS) is 29.4. The molecule has 1 aliphatic rings. The van der Waals surface area contributed by atoms with Crippen molar-refractivity contribution in [1.82, 2.24) is 4.90 Å². The van der Waals surface area contributed by atoms with Gasteiger partial charge in [-0.2, -0.15) is 8.42 Å². The molecule has 0 spiro atoms. The number of carbonyl (C=O) groups is 1. The molecule has 13 heavy (non-hydrogen) atoms. The van der Waals surface area contributed by atoms with E-state index in [1.807, 2.05) is 0 Å². The van der Waals surface area contributed by atoms with E-state index in [2.05, 4.69) is 4.74 Å². The second-order valence-electron chi connectivity index (χ2n) is 3.10. The van der Waals surface area contributed by atoms with E-state index in [-0.39, 0.29) is 6.42 Å². The summed E-state index contributed by atoms with van der Waals surface area (Å²) in [5.41, 5.74) is -1.41. The number of carbonyl (C=O) groups excluding carboxylic acids is 1. The molecule has 0 aromatic heterocycles. The molecule has 2 unspecified atom stereocenters. The van der Waals surface area contributed by atoms with Crippen molar-refractivity contribution in [2.45, 2.75) is 17.9 Å². The van der Waals surface area contributed by atoms with Crippen LogP contribution < -0.4 is 0 Å². The molecule has 0 aliphatic carbocycles. The predicted molar refractivity (Wildman–Crippen MR) is 43.5 cm³/mol. The second kappa shape index (κ2) is 3.24. The minimum absolute atomic E-state index is 0.0231. The first-order valence-electron chi connectivity index (χ1n) is 3.65. The Labute approximate surface area is 76.2 Å². The Hall–Kier alpha value is -0.660. The molecule has 0 radical (unpaired) electrons. The van der Waals surface area contributed by atoms with Gasteiger partial charge in [-0.1, -0.05) is 0 Å². The lowest BCUT2D eigenvalue weighted by atomic mass is 10.2. The van der Waals surface area contributed by atoms with Crippen LogP contribution in [0.25, 0.3) is 0 Å². The maximum Gasteiger partial charge on any atom is 0.324 e. The number of nitrogens with zero attached hydrogens (tertiary/aromatic N) is 1. The zero-order chi connectivity index (χ0) is 10.2. The fourth-order valence-corrected chi connectivity index (χ4v) is 1.78. The smallest absolute Gasteiger partial charge is 0.324 e. The lowest BCUT2D eigenvalue weighted by Gasteiger charge is -2.13. The number of likely N-dealkylation sites (N-methyl/N-ethyl adjacent to an activating group) is 1. The minimum atomic E-state index is -4.27. The molecule has 0 aromatic rings. The summed E-state index contributed by atoms with van der Waals surface area (Å²) in [6, 6.07) is -0.591. The summed E-state index contributed by atoms with van der Waals surface area (Å²) in [6.07, 6.45) is -0.0231. The molecule has 2 atom stereocenters. The molecular formula is C6H11NO5S. The van der Waals surface area contributed by atoms with Crippen LogP contribution in [0.4, 0.5) is 0 Å². The lowest BCUT2D eigenvalue weighted by molar-refractivity contribution is -0.142. The number of hydrogen-bond acceptors (Lipinski definition) is 5.